The fraction of sp³-hybridized carbons (Fsp3) is 0.818. The van der Waals surface area contributed by atoms with E-state index in [0.717, 1.165) is 6.42 Å². The summed E-state index contributed by atoms with van der Waals surface area (Å²) in [6.45, 7) is 3.43. The van der Waals surface area contributed by atoms with Crippen molar-refractivity contribution in [2.24, 2.45) is 5.92 Å². The van der Waals surface area contributed by atoms with E-state index >= 15 is 0 Å². The van der Waals surface area contributed by atoms with Gasteiger partial charge < -0.3 is 19.5 Å². The van der Waals surface area contributed by atoms with Crippen molar-refractivity contribution in [1.29, 1.82) is 0 Å². The zero-order valence-electron chi connectivity index (χ0n) is 9.80. The maximum atomic E-state index is 12.1. The molecule has 0 aromatic carbocycles. The molecule has 2 aliphatic heterocycles. The third-order valence-corrected chi connectivity index (χ3v) is 3.13. The van der Waals surface area contributed by atoms with E-state index in [9.17, 15) is 9.59 Å². The highest BCUT2D eigenvalue weighted by Gasteiger charge is 2.36. The number of nitrogens with zero attached hydrogens (tertiary/aromatic N) is 1. The maximum absolute atomic E-state index is 12.1. The van der Waals surface area contributed by atoms with Crippen molar-refractivity contribution in [3.05, 3.63) is 0 Å². The molecule has 2 unspecified atom stereocenters. The molecule has 6 heteroatoms. The molecule has 2 fully saturated rings. The van der Waals surface area contributed by atoms with Crippen molar-refractivity contribution < 1.29 is 24.2 Å². The molecule has 3 atom stereocenters. The van der Waals surface area contributed by atoms with E-state index in [1.807, 2.05) is 0 Å². The molecular formula is C11H17NO5. The summed E-state index contributed by atoms with van der Waals surface area (Å²) in [5, 5.41) is 8.93. The molecule has 2 saturated heterocycles. The van der Waals surface area contributed by atoms with Gasteiger partial charge in [0.2, 0.25) is 5.91 Å². The first-order chi connectivity index (χ1) is 8.08. The lowest BCUT2D eigenvalue weighted by Gasteiger charge is -2.36. The first-order valence-corrected chi connectivity index (χ1v) is 5.82. The van der Waals surface area contributed by atoms with Crippen LogP contribution >= 0.6 is 0 Å². The zero-order chi connectivity index (χ0) is 12.4. The van der Waals surface area contributed by atoms with E-state index in [1.165, 1.54) is 0 Å². The minimum absolute atomic E-state index is 0.0103. The second kappa shape index (κ2) is 5.01. The average Bonchev–Trinajstić information content (AvgIpc) is 2.80. The molecule has 0 bridgehead atoms. The normalized spacial score (nSPS) is 33.7. The molecule has 0 spiro atoms. The largest absolute Gasteiger partial charge is 0.479 e. The van der Waals surface area contributed by atoms with Crippen LogP contribution in [-0.2, 0) is 19.1 Å². The smallest absolute Gasteiger partial charge is 0.334 e. The fourth-order valence-electron chi connectivity index (χ4n) is 2.26. The summed E-state index contributed by atoms with van der Waals surface area (Å²) in [6.07, 6.45) is -0.427. The van der Waals surface area contributed by atoms with Crippen LogP contribution in [0.3, 0.4) is 0 Å². The van der Waals surface area contributed by atoms with E-state index in [-0.39, 0.29) is 24.5 Å². The summed E-state index contributed by atoms with van der Waals surface area (Å²) in [5.74, 6) is -1.14. The molecule has 0 aromatic rings. The molecule has 0 radical (unpaired) electrons. The van der Waals surface area contributed by atoms with Gasteiger partial charge in [-0.3, -0.25) is 4.79 Å². The highest BCUT2D eigenvalue weighted by atomic mass is 16.5. The number of hydrogen-bond donors (Lipinski definition) is 1. The van der Waals surface area contributed by atoms with E-state index in [2.05, 4.69) is 0 Å². The quantitative estimate of drug-likeness (QED) is 0.722. The van der Waals surface area contributed by atoms with Gasteiger partial charge in [-0.15, -0.1) is 0 Å². The molecule has 0 aromatic heterocycles. The van der Waals surface area contributed by atoms with Gasteiger partial charge in [-0.25, -0.2) is 4.79 Å². The second-order valence-electron chi connectivity index (χ2n) is 4.58. The molecule has 1 amide bonds. The van der Waals surface area contributed by atoms with Crippen LogP contribution in [0.1, 0.15) is 13.3 Å². The Morgan fingerprint density at radius 1 is 1.35 bits per heavy atom. The Morgan fingerprint density at radius 2 is 2.12 bits per heavy atom. The van der Waals surface area contributed by atoms with Crippen molar-refractivity contribution in [1.82, 2.24) is 4.90 Å². The van der Waals surface area contributed by atoms with Crippen LogP contribution in [0, 0.1) is 5.92 Å². The van der Waals surface area contributed by atoms with Gasteiger partial charge >= 0.3 is 5.97 Å². The lowest BCUT2D eigenvalue weighted by Crippen LogP contribution is -2.53. The summed E-state index contributed by atoms with van der Waals surface area (Å²) in [4.78, 5) is 24.6. The van der Waals surface area contributed by atoms with Gasteiger partial charge in [-0.2, -0.15) is 0 Å². The highest BCUT2D eigenvalue weighted by Crippen LogP contribution is 2.19. The van der Waals surface area contributed by atoms with E-state index < -0.39 is 12.1 Å². The first-order valence-electron chi connectivity index (χ1n) is 5.82. The molecule has 2 heterocycles. The van der Waals surface area contributed by atoms with Gasteiger partial charge in [0.05, 0.1) is 25.2 Å². The van der Waals surface area contributed by atoms with Crippen LogP contribution in [0.15, 0.2) is 0 Å². The number of carboxylic acids is 1. The summed E-state index contributed by atoms with van der Waals surface area (Å²) in [7, 11) is 0. The van der Waals surface area contributed by atoms with Crippen molar-refractivity contribution in [2.75, 3.05) is 26.3 Å². The Labute approximate surface area is 99.5 Å². The number of carbonyl (C=O) groups excluding carboxylic acids is 1. The average molecular weight is 243 g/mol. The number of rotatable bonds is 2. The molecule has 1 N–H and O–H groups in total. The predicted octanol–water partition coefficient (Wildman–Crippen LogP) is -0.277. The minimum atomic E-state index is -1.02. The maximum Gasteiger partial charge on any atom is 0.334 e. The topological polar surface area (TPSA) is 76.1 Å². The van der Waals surface area contributed by atoms with Gasteiger partial charge in [0.1, 0.15) is 0 Å². The van der Waals surface area contributed by atoms with Gasteiger partial charge in [-0.05, 0) is 13.3 Å². The highest BCUT2D eigenvalue weighted by molar-refractivity contribution is 5.81. The van der Waals surface area contributed by atoms with Crippen LogP contribution in [-0.4, -0.2) is 60.4 Å². The molecule has 0 aliphatic carbocycles. The van der Waals surface area contributed by atoms with Gasteiger partial charge in [0.25, 0.3) is 0 Å². The molecule has 2 rings (SSSR count). The van der Waals surface area contributed by atoms with Crippen LogP contribution < -0.4 is 0 Å². The summed E-state index contributed by atoms with van der Waals surface area (Å²) in [5.41, 5.74) is 0. The van der Waals surface area contributed by atoms with Gasteiger partial charge in [-0.1, -0.05) is 0 Å². The fourth-order valence-corrected chi connectivity index (χ4v) is 2.26. The molecule has 6 nitrogen and oxygen atoms in total. The summed E-state index contributed by atoms with van der Waals surface area (Å²) >= 11 is 0. The number of carbonyl (C=O) groups is 2. The van der Waals surface area contributed by atoms with Crippen molar-refractivity contribution in [3.63, 3.8) is 0 Å². The minimum Gasteiger partial charge on any atom is -0.479 e. The van der Waals surface area contributed by atoms with Crippen molar-refractivity contribution in [3.8, 4) is 0 Å². The second-order valence-corrected chi connectivity index (χ2v) is 4.58. The van der Waals surface area contributed by atoms with Crippen LogP contribution in [0.25, 0.3) is 0 Å². The Hall–Kier alpha value is -1.14. The predicted molar refractivity (Wildman–Crippen MR) is 57.5 cm³/mol. The Kier molecular flexibility index (Phi) is 3.63. The molecular weight excluding hydrogens is 226 g/mol. The van der Waals surface area contributed by atoms with Crippen molar-refractivity contribution in [2.45, 2.75) is 25.6 Å². The lowest BCUT2D eigenvalue weighted by molar-refractivity contribution is -0.167. The number of ether oxygens (including phenoxy) is 2. The van der Waals surface area contributed by atoms with E-state index in [0.29, 0.717) is 19.8 Å². The Bertz CT molecular complexity index is 313. The Morgan fingerprint density at radius 3 is 2.71 bits per heavy atom. The third kappa shape index (κ3) is 2.76. The van der Waals surface area contributed by atoms with Gasteiger partial charge in [0.15, 0.2) is 6.10 Å². The van der Waals surface area contributed by atoms with Crippen LogP contribution in [0.4, 0.5) is 0 Å². The number of aliphatic carboxylic acids is 1. The monoisotopic (exact) mass is 243 g/mol. The standard InChI is InChI=1S/C11H17NO5/c1-7-4-12(5-9(17-7)11(14)15)10(13)8-2-3-16-6-8/h7-9H,2-6H2,1H3,(H,14,15)/t7-,8?,9?/m1/s1. The SMILES string of the molecule is C[C@@H]1CN(C(=O)C2CCOC2)CC(C(=O)O)O1. The number of morpholine rings is 1. The Balaban J connectivity index is 1.99. The van der Waals surface area contributed by atoms with Crippen LogP contribution in [0.2, 0.25) is 0 Å². The summed E-state index contributed by atoms with van der Waals surface area (Å²) < 4.78 is 10.4. The van der Waals surface area contributed by atoms with Crippen molar-refractivity contribution >= 4 is 11.9 Å². The summed E-state index contributed by atoms with van der Waals surface area (Å²) in [6, 6.07) is 0. The first kappa shape index (κ1) is 12.3. The lowest BCUT2D eigenvalue weighted by atomic mass is 10.1. The number of amides is 1. The van der Waals surface area contributed by atoms with E-state index in [1.54, 1.807) is 11.8 Å². The van der Waals surface area contributed by atoms with E-state index in [4.69, 9.17) is 14.6 Å². The molecule has 0 saturated carbocycles. The number of carboxylic acid groups (broad SMARTS) is 1. The third-order valence-electron chi connectivity index (χ3n) is 3.13. The zero-order valence-corrected chi connectivity index (χ0v) is 9.80. The van der Waals surface area contributed by atoms with Crippen LogP contribution in [0.5, 0.6) is 0 Å². The molecule has 2 aliphatic rings. The molecule has 17 heavy (non-hydrogen) atoms. The van der Waals surface area contributed by atoms with Gasteiger partial charge in [0, 0.05) is 13.2 Å². The number of hydrogen-bond acceptors (Lipinski definition) is 4. The molecule has 96 valence electrons.